The van der Waals surface area contributed by atoms with E-state index in [0.29, 0.717) is 18.8 Å². The van der Waals surface area contributed by atoms with Gasteiger partial charge in [0, 0.05) is 13.1 Å². The molecule has 0 aliphatic carbocycles. The molecule has 2 aromatic carbocycles. The van der Waals surface area contributed by atoms with E-state index in [0.717, 1.165) is 12.0 Å². The predicted molar refractivity (Wildman–Crippen MR) is 106 cm³/mol. The molecule has 7 heteroatoms. The number of carbonyl (C=O) groups excluding carboxylic acids is 3. The highest BCUT2D eigenvalue weighted by Gasteiger charge is 2.26. The summed E-state index contributed by atoms with van der Waals surface area (Å²) in [7, 11) is 0. The number of ether oxygens (including phenoxy) is 2. The number of nitrogens with one attached hydrogen (secondary N) is 1. The summed E-state index contributed by atoms with van der Waals surface area (Å²) in [4.78, 5) is 38.0. The average molecular weight is 396 g/mol. The zero-order chi connectivity index (χ0) is 20.6. The summed E-state index contributed by atoms with van der Waals surface area (Å²) in [5.41, 5.74) is 2.35. The Labute approximate surface area is 169 Å². The van der Waals surface area contributed by atoms with E-state index < -0.39 is 18.0 Å². The normalized spacial score (nSPS) is 13.8. The Hall–Kier alpha value is -3.35. The third kappa shape index (κ3) is 5.81. The van der Waals surface area contributed by atoms with Gasteiger partial charge in [-0.1, -0.05) is 42.5 Å². The lowest BCUT2D eigenvalue weighted by Gasteiger charge is -2.30. The Kier molecular flexibility index (Phi) is 6.84. The molecule has 1 aliphatic rings. The van der Waals surface area contributed by atoms with Crippen molar-refractivity contribution in [3.8, 4) is 5.75 Å². The predicted octanol–water partition coefficient (Wildman–Crippen LogP) is 1.70. The molecule has 0 saturated carbocycles. The SMILES string of the molecule is CC(OC(=O)CNC(=O)COc1ccccc1)C(=O)N1CCc2ccccc2C1. The highest BCUT2D eigenvalue weighted by Crippen LogP contribution is 2.19. The van der Waals surface area contributed by atoms with Crippen LogP contribution in [-0.4, -0.2) is 48.5 Å². The van der Waals surface area contributed by atoms with E-state index >= 15 is 0 Å². The van der Waals surface area contributed by atoms with Crippen molar-refractivity contribution in [3.05, 3.63) is 65.7 Å². The molecule has 1 aliphatic heterocycles. The largest absolute Gasteiger partial charge is 0.484 e. The van der Waals surface area contributed by atoms with Crippen LogP contribution in [0.25, 0.3) is 0 Å². The number of esters is 1. The Morgan fingerprint density at radius 3 is 2.48 bits per heavy atom. The first-order valence-corrected chi connectivity index (χ1v) is 9.52. The summed E-state index contributed by atoms with van der Waals surface area (Å²) in [6.45, 7) is 2.10. The first-order chi connectivity index (χ1) is 14.0. The van der Waals surface area contributed by atoms with Crippen LogP contribution in [0.3, 0.4) is 0 Å². The Balaban J connectivity index is 1.39. The summed E-state index contributed by atoms with van der Waals surface area (Å²) in [5, 5.41) is 2.43. The van der Waals surface area contributed by atoms with Crippen LogP contribution >= 0.6 is 0 Å². The van der Waals surface area contributed by atoms with E-state index in [4.69, 9.17) is 9.47 Å². The van der Waals surface area contributed by atoms with Gasteiger partial charge in [-0.05, 0) is 36.6 Å². The highest BCUT2D eigenvalue weighted by molar-refractivity contribution is 5.86. The molecule has 2 amide bonds. The van der Waals surface area contributed by atoms with E-state index in [1.807, 2.05) is 24.3 Å². The number of hydrogen-bond acceptors (Lipinski definition) is 5. The molecule has 2 aromatic rings. The van der Waals surface area contributed by atoms with E-state index in [9.17, 15) is 14.4 Å². The van der Waals surface area contributed by atoms with E-state index in [1.165, 1.54) is 5.56 Å². The number of hydrogen-bond donors (Lipinski definition) is 1. The molecule has 7 nitrogen and oxygen atoms in total. The molecule has 1 atom stereocenters. The van der Waals surface area contributed by atoms with Gasteiger partial charge in [-0.3, -0.25) is 14.4 Å². The Morgan fingerprint density at radius 2 is 1.72 bits per heavy atom. The number of carbonyl (C=O) groups is 3. The second kappa shape index (κ2) is 9.73. The molecule has 29 heavy (non-hydrogen) atoms. The molecular formula is C22H24N2O5. The van der Waals surface area contributed by atoms with Crippen LogP contribution in [-0.2, 0) is 32.1 Å². The molecular weight excluding hydrogens is 372 g/mol. The first kappa shape index (κ1) is 20.4. The molecule has 0 aromatic heterocycles. The average Bonchev–Trinajstić information content (AvgIpc) is 2.76. The number of amides is 2. The minimum absolute atomic E-state index is 0.209. The first-order valence-electron chi connectivity index (χ1n) is 9.52. The molecule has 0 fully saturated rings. The van der Waals surface area contributed by atoms with Crippen molar-refractivity contribution < 1.29 is 23.9 Å². The van der Waals surface area contributed by atoms with Crippen molar-refractivity contribution in [3.63, 3.8) is 0 Å². The van der Waals surface area contributed by atoms with Crippen molar-refractivity contribution in [2.45, 2.75) is 26.0 Å². The van der Waals surface area contributed by atoms with Crippen LogP contribution in [0.1, 0.15) is 18.1 Å². The monoisotopic (exact) mass is 396 g/mol. The molecule has 0 radical (unpaired) electrons. The fraction of sp³-hybridized carbons (Fsp3) is 0.318. The zero-order valence-electron chi connectivity index (χ0n) is 16.3. The van der Waals surface area contributed by atoms with Gasteiger partial charge in [0.15, 0.2) is 12.7 Å². The van der Waals surface area contributed by atoms with Crippen LogP contribution in [0.15, 0.2) is 54.6 Å². The topological polar surface area (TPSA) is 84.9 Å². The summed E-state index contributed by atoms with van der Waals surface area (Å²) in [5.74, 6) is -0.798. The molecule has 0 bridgehead atoms. The Bertz CT molecular complexity index is 869. The summed E-state index contributed by atoms with van der Waals surface area (Å²) in [6.07, 6.45) is -0.134. The van der Waals surface area contributed by atoms with Crippen LogP contribution < -0.4 is 10.1 Å². The van der Waals surface area contributed by atoms with Gasteiger partial charge in [0.2, 0.25) is 0 Å². The number of fused-ring (bicyclic) bond motifs is 1. The van der Waals surface area contributed by atoms with Gasteiger partial charge in [-0.15, -0.1) is 0 Å². The quantitative estimate of drug-likeness (QED) is 0.720. The third-order valence-corrected chi connectivity index (χ3v) is 4.64. The summed E-state index contributed by atoms with van der Waals surface area (Å²) in [6, 6.07) is 16.9. The van der Waals surface area contributed by atoms with Gasteiger partial charge in [-0.25, -0.2) is 0 Å². The lowest BCUT2D eigenvalue weighted by molar-refractivity contribution is -0.159. The van der Waals surface area contributed by atoms with Crippen molar-refractivity contribution in [1.29, 1.82) is 0 Å². The smallest absolute Gasteiger partial charge is 0.326 e. The zero-order valence-corrected chi connectivity index (χ0v) is 16.3. The lowest BCUT2D eigenvalue weighted by atomic mass is 9.99. The second-order valence-corrected chi connectivity index (χ2v) is 6.79. The van der Waals surface area contributed by atoms with Gasteiger partial charge >= 0.3 is 5.97 Å². The molecule has 1 N–H and O–H groups in total. The molecule has 3 rings (SSSR count). The van der Waals surface area contributed by atoms with Crippen molar-refractivity contribution in [1.82, 2.24) is 10.2 Å². The van der Waals surface area contributed by atoms with Gasteiger partial charge < -0.3 is 19.7 Å². The lowest BCUT2D eigenvalue weighted by Crippen LogP contribution is -2.44. The maximum Gasteiger partial charge on any atom is 0.326 e. The maximum atomic E-state index is 12.6. The summed E-state index contributed by atoms with van der Waals surface area (Å²) >= 11 is 0. The Morgan fingerprint density at radius 1 is 1.03 bits per heavy atom. The molecule has 152 valence electrons. The standard InChI is InChI=1S/C22H24N2O5/c1-16(22(27)24-12-11-17-7-5-6-8-18(17)14-24)29-21(26)13-23-20(25)15-28-19-9-3-2-4-10-19/h2-10,16H,11-15H2,1H3,(H,23,25). The van der Waals surface area contributed by atoms with Gasteiger partial charge in [0.05, 0.1) is 0 Å². The number of rotatable bonds is 7. The van der Waals surface area contributed by atoms with Gasteiger partial charge in [0.25, 0.3) is 11.8 Å². The third-order valence-electron chi connectivity index (χ3n) is 4.64. The molecule has 1 heterocycles. The van der Waals surface area contributed by atoms with E-state index in [1.54, 1.807) is 36.1 Å². The number of nitrogens with zero attached hydrogens (tertiary/aromatic N) is 1. The fourth-order valence-electron chi connectivity index (χ4n) is 3.12. The highest BCUT2D eigenvalue weighted by atomic mass is 16.5. The van der Waals surface area contributed by atoms with Crippen molar-refractivity contribution in [2.75, 3.05) is 19.7 Å². The van der Waals surface area contributed by atoms with Crippen molar-refractivity contribution >= 4 is 17.8 Å². The number of para-hydroxylation sites is 1. The van der Waals surface area contributed by atoms with Crippen LogP contribution in [0.4, 0.5) is 0 Å². The molecule has 0 saturated heterocycles. The minimum Gasteiger partial charge on any atom is -0.484 e. The summed E-state index contributed by atoms with van der Waals surface area (Å²) < 4.78 is 10.5. The van der Waals surface area contributed by atoms with Gasteiger partial charge in [-0.2, -0.15) is 0 Å². The van der Waals surface area contributed by atoms with Crippen LogP contribution in [0.5, 0.6) is 5.75 Å². The maximum absolute atomic E-state index is 12.6. The van der Waals surface area contributed by atoms with E-state index in [2.05, 4.69) is 11.4 Å². The van der Waals surface area contributed by atoms with Crippen LogP contribution in [0.2, 0.25) is 0 Å². The second-order valence-electron chi connectivity index (χ2n) is 6.79. The van der Waals surface area contributed by atoms with E-state index in [-0.39, 0.29) is 19.1 Å². The van der Waals surface area contributed by atoms with Gasteiger partial charge in [0.1, 0.15) is 12.3 Å². The number of benzene rings is 2. The minimum atomic E-state index is -0.912. The van der Waals surface area contributed by atoms with Crippen LogP contribution in [0, 0.1) is 0 Å². The van der Waals surface area contributed by atoms with Crippen molar-refractivity contribution in [2.24, 2.45) is 0 Å². The molecule has 1 unspecified atom stereocenters. The fourth-order valence-corrected chi connectivity index (χ4v) is 3.12. The molecule has 0 spiro atoms.